The first kappa shape index (κ1) is 17.8. The Morgan fingerprint density at radius 1 is 1.14 bits per heavy atom. The minimum Gasteiger partial charge on any atom is -0.319 e. The molecule has 7 heteroatoms. The van der Waals surface area contributed by atoms with E-state index in [-0.39, 0.29) is 17.0 Å². The molecule has 116 valence electrons. The molecule has 0 spiro atoms. The molecule has 0 saturated carbocycles. The molecule has 1 aromatic carbocycles. The summed E-state index contributed by atoms with van der Waals surface area (Å²) in [4.78, 5) is 6.73. The quantitative estimate of drug-likeness (QED) is 0.453. The molecule has 0 fully saturated rings. The van der Waals surface area contributed by atoms with Gasteiger partial charge in [0.05, 0.1) is 20.6 Å². The molecule has 0 amide bonds. The highest BCUT2D eigenvalue weighted by Gasteiger charge is 2.07. The van der Waals surface area contributed by atoms with Crippen molar-refractivity contribution in [2.45, 2.75) is 6.92 Å². The fourth-order valence-electron chi connectivity index (χ4n) is 1.91. The monoisotopic (exact) mass is 434 g/mol. The van der Waals surface area contributed by atoms with Crippen LogP contribution in [0.1, 0.15) is 5.56 Å². The van der Waals surface area contributed by atoms with Crippen molar-refractivity contribution < 1.29 is 0 Å². The van der Waals surface area contributed by atoms with Crippen molar-refractivity contribution in [2.24, 2.45) is 12.0 Å². The standard InChI is InChI=1S/C15H12Cl2N2S2.BrH/c1-9-3-4-10(7-11(9)16)18-15-19(2)12(8-20-15)13-5-6-14(17)21-13;/h3-8H,1-2H3;1H. The Bertz CT molecular complexity index is 865. The highest BCUT2D eigenvalue weighted by molar-refractivity contribution is 8.93. The van der Waals surface area contributed by atoms with Crippen LogP contribution in [0.4, 0.5) is 5.69 Å². The Balaban J connectivity index is 0.00000176. The van der Waals surface area contributed by atoms with Gasteiger partial charge in [-0.3, -0.25) is 0 Å². The number of nitrogens with zero attached hydrogens (tertiary/aromatic N) is 2. The summed E-state index contributed by atoms with van der Waals surface area (Å²) in [6, 6.07) is 9.78. The van der Waals surface area contributed by atoms with Crippen LogP contribution in [0, 0.1) is 6.92 Å². The van der Waals surface area contributed by atoms with Crippen LogP contribution in [-0.4, -0.2) is 4.57 Å². The Kier molecular flexibility index (Phi) is 5.91. The number of benzene rings is 1. The topological polar surface area (TPSA) is 17.3 Å². The molecule has 0 aliphatic heterocycles. The molecule has 3 aromatic rings. The molecule has 0 saturated heterocycles. The first-order chi connectivity index (χ1) is 10.0. The third-order valence-electron chi connectivity index (χ3n) is 3.13. The van der Waals surface area contributed by atoms with Crippen molar-refractivity contribution in [1.29, 1.82) is 0 Å². The maximum atomic E-state index is 6.15. The lowest BCUT2D eigenvalue weighted by molar-refractivity contribution is 0.885. The van der Waals surface area contributed by atoms with E-state index in [4.69, 9.17) is 23.2 Å². The van der Waals surface area contributed by atoms with Crippen molar-refractivity contribution in [3.05, 3.63) is 55.4 Å². The second-order valence-corrected chi connectivity index (χ2v) is 7.57. The van der Waals surface area contributed by atoms with Gasteiger partial charge in [0, 0.05) is 17.5 Å². The molecule has 0 atom stereocenters. The number of aryl methyl sites for hydroxylation is 1. The summed E-state index contributed by atoms with van der Waals surface area (Å²) in [5.41, 5.74) is 3.03. The van der Waals surface area contributed by atoms with Gasteiger partial charge in [0.1, 0.15) is 0 Å². The van der Waals surface area contributed by atoms with Crippen molar-refractivity contribution in [3.8, 4) is 10.6 Å². The molecule has 0 unspecified atom stereocenters. The van der Waals surface area contributed by atoms with E-state index in [1.807, 2.05) is 44.3 Å². The van der Waals surface area contributed by atoms with Crippen LogP contribution in [0.15, 0.2) is 40.7 Å². The van der Waals surface area contributed by atoms with E-state index < -0.39 is 0 Å². The van der Waals surface area contributed by atoms with Crippen LogP contribution in [-0.2, 0) is 7.05 Å². The summed E-state index contributed by atoms with van der Waals surface area (Å²) in [6.45, 7) is 1.98. The molecule has 22 heavy (non-hydrogen) atoms. The van der Waals surface area contributed by atoms with Gasteiger partial charge in [-0.25, -0.2) is 4.99 Å². The van der Waals surface area contributed by atoms with Gasteiger partial charge in [-0.15, -0.1) is 39.7 Å². The van der Waals surface area contributed by atoms with Crippen LogP contribution in [0.5, 0.6) is 0 Å². The normalized spacial score (nSPS) is 11.5. The fourth-order valence-corrected chi connectivity index (χ4v) is 4.17. The van der Waals surface area contributed by atoms with Gasteiger partial charge in [0.25, 0.3) is 0 Å². The number of thiazole rings is 1. The highest BCUT2D eigenvalue weighted by atomic mass is 79.9. The first-order valence-electron chi connectivity index (χ1n) is 6.26. The fraction of sp³-hybridized carbons (Fsp3) is 0.133. The van der Waals surface area contributed by atoms with Crippen LogP contribution < -0.4 is 4.80 Å². The molecule has 0 aliphatic carbocycles. The summed E-state index contributed by atoms with van der Waals surface area (Å²) in [7, 11) is 2.01. The zero-order valence-electron chi connectivity index (χ0n) is 11.8. The summed E-state index contributed by atoms with van der Waals surface area (Å²) in [5, 5.41) is 2.83. The van der Waals surface area contributed by atoms with Gasteiger partial charge < -0.3 is 4.57 Å². The Morgan fingerprint density at radius 2 is 1.91 bits per heavy atom. The van der Waals surface area contributed by atoms with Gasteiger partial charge in [0.2, 0.25) is 0 Å². The predicted octanol–water partition coefficient (Wildman–Crippen LogP) is 6.24. The van der Waals surface area contributed by atoms with E-state index >= 15 is 0 Å². The summed E-state index contributed by atoms with van der Waals surface area (Å²) >= 11 is 15.3. The maximum absolute atomic E-state index is 6.15. The average Bonchev–Trinajstić information content (AvgIpc) is 3.01. The van der Waals surface area contributed by atoms with Gasteiger partial charge in [0.15, 0.2) is 4.80 Å². The van der Waals surface area contributed by atoms with Crippen LogP contribution in [0.3, 0.4) is 0 Å². The highest BCUT2D eigenvalue weighted by Crippen LogP contribution is 2.31. The number of halogens is 3. The first-order valence-corrected chi connectivity index (χ1v) is 8.71. The van der Waals surface area contributed by atoms with Gasteiger partial charge in [-0.2, -0.15) is 0 Å². The van der Waals surface area contributed by atoms with Gasteiger partial charge in [-0.05, 0) is 36.8 Å². The van der Waals surface area contributed by atoms with Gasteiger partial charge in [-0.1, -0.05) is 29.3 Å². The zero-order valence-corrected chi connectivity index (χ0v) is 16.7. The van der Waals surface area contributed by atoms with E-state index in [1.54, 1.807) is 22.7 Å². The van der Waals surface area contributed by atoms with E-state index in [0.717, 1.165) is 36.0 Å². The molecule has 2 nitrogen and oxygen atoms in total. The Labute approximate surface area is 157 Å². The summed E-state index contributed by atoms with van der Waals surface area (Å²) in [5.74, 6) is 0. The van der Waals surface area contributed by atoms with E-state index in [2.05, 4.69) is 14.9 Å². The largest absolute Gasteiger partial charge is 0.319 e. The third kappa shape index (κ3) is 3.66. The number of thiophene rings is 1. The van der Waals surface area contributed by atoms with E-state index in [0.29, 0.717) is 0 Å². The van der Waals surface area contributed by atoms with Crippen LogP contribution in [0.25, 0.3) is 10.6 Å². The Hall–Kier alpha value is -0.590. The van der Waals surface area contributed by atoms with Crippen LogP contribution in [0.2, 0.25) is 9.36 Å². The van der Waals surface area contributed by atoms with Crippen molar-refractivity contribution >= 4 is 68.5 Å². The van der Waals surface area contributed by atoms with E-state index in [1.165, 1.54) is 0 Å². The number of aromatic nitrogens is 1. The van der Waals surface area contributed by atoms with Crippen molar-refractivity contribution in [3.63, 3.8) is 0 Å². The van der Waals surface area contributed by atoms with E-state index in [9.17, 15) is 0 Å². The third-order valence-corrected chi connectivity index (χ3v) is 5.71. The van der Waals surface area contributed by atoms with Crippen LogP contribution >= 0.6 is 62.9 Å². The second-order valence-electron chi connectivity index (χ2n) is 4.61. The summed E-state index contributed by atoms with van der Waals surface area (Å²) in [6.07, 6.45) is 0. The molecule has 3 rings (SSSR count). The predicted molar refractivity (Wildman–Crippen MR) is 103 cm³/mol. The van der Waals surface area contributed by atoms with Crippen molar-refractivity contribution in [2.75, 3.05) is 0 Å². The smallest absolute Gasteiger partial charge is 0.190 e. The Morgan fingerprint density at radius 3 is 2.55 bits per heavy atom. The molecular formula is C15H13BrCl2N2S2. The average molecular weight is 436 g/mol. The summed E-state index contributed by atoms with van der Waals surface area (Å²) < 4.78 is 2.86. The molecule has 0 radical (unpaired) electrons. The molecule has 2 aromatic heterocycles. The second kappa shape index (κ2) is 7.32. The number of hydrogen-bond donors (Lipinski definition) is 0. The lowest BCUT2D eigenvalue weighted by atomic mass is 10.2. The molecular weight excluding hydrogens is 423 g/mol. The maximum Gasteiger partial charge on any atom is 0.190 e. The minimum absolute atomic E-state index is 0. The van der Waals surface area contributed by atoms with Crippen molar-refractivity contribution in [1.82, 2.24) is 4.57 Å². The van der Waals surface area contributed by atoms with Gasteiger partial charge >= 0.3 is 0 Å². The molecule has 0 aliphatic rings. The minimum atomic E-state index is 0. The SMILES string of the molecule is Br.Cc1ccc(N=c2scc(-c3ccc(Cl)s3)n2C)cc1Cl. The molecule has 0 bridgehead atoms. The number of hydrogen-bond acceptors (Lipinski definition) is 3. The number of rotatable bonds is 2. The lowest BCUT2D eigenvalue weighted by Gasteiger charge is -2.00. The molecule has 0 N–H and O–H groups in total. The lowest BCUT2D eigenvalue weighted by Crippen LogP contribution is -2.10. The zero-order chi connectivity index (χ0) is 15.0. The molecule has 2 heterocycles.